The van der Waals surface area contributed by atoms with E-state index in [0.717, 1.165) is 20.3 Å². The minimum absolute atomic E-state index is 0.529. The van der Waals surface area contributed by atoms with Crippen molar-refractivity contribution < 1.29 is 4.74 Å². The lowest BCUT2D eigenvalue weighted by Gasteiger charge is -2.09. The number of anilines is 1. The third kappa shape index (κ3) is 2.17. The van der Waals surface area contributed by atoms with E-state index in [2.05, 4.69) is 25.9 Å². The van der Waals surface area contributed by atoms with Crippen molar-refractivity contribution in [3.63, 3.8) is 0 Å². The Morgan fingerprint density at radius 3 is 2.95 bits per heavy atom. The Kier molecular flexibility index (Phi) is 3.12. The first-order chi connectivity index (χ1) is 9.16. The lowest BCUT2D eigenvalue weighted by Crippen LogP contribution is -1.95. The molecule has 0 unspecified atom stereocenters. The minimum atomic E-state index is 0.529. The van der Waals surface area contributed by atoms with Crippen LogP contribution in [0.2, 0.25) is 0 Å². The van der Waals surface area contributed by atoms with E-state index in [1.807, 2.05) is 24.4 Å². The van der Waals surface area contributed by atoms with Gasteiger partial charge in [0.15, 0.2) is 5.75 Å². The molecule has 2 aromatic heterocycles. The third-order valence-electron chi connectivity index (χ3n) is 2.69. The first-order valence-corrected chi connectivity index (χ1v) is 7.24. The summed E-state index contributed by atoms with van der Waals surface area (Å²) < 4.78 is 7.58. The molecule has 0 aliphatic heterocycles. The van der Waals surface area contributed by atoms with E-state index in [0.29, 0.717) is 17.3 Å². The molecule has 96 valence electrons. The molecule has 0 aliphatic rings. The Morgan fingerprint density at radius 1 is 1.32 bits per heavy atom. The van der Waals surface area contributed by atoms with Crippen LogP contribution in [0.4, 0.5) is 5.69 Å². The van der Waals surface area contributed by atoms with Crippen molar-refractivity contribution in [2.24, 2.45) is 0 Å². The molecule has 0 bridgehead atoms. The predicted octanol–water partition coefficient (Wildman–Crippen LogP) is 4.14. The van der Waals surface area contributed by atoms with Gasteiger partial charge in [-0.2, -0.15) is 0 Å². The zero-order chi connectivity index (χ0) is 13.4. The van der Waals surface area contributed by atoms with Gasteiger partial charge in [-0.05, 0) is 45.9 Å². The summed E-state index contributed by atoms with van der Waals surface area (Å²) in [4.78, 5) is 8.46. The zero-order valence-corrected chi connectivity index (χ0v) is 12.5. The number of nitrogens with two attached hydrogens (primary N) is 1. The fourth-order valence-electron chi connectivity index (χ4n) is 1.75. The van der Waals surface area contributed by atoms with E-state index >= 15 is 0 Å². The first kappa shape index (κ1) is 12.4. The molecule has 0 amide bonds. The number of fused-ring (bicyclic) bond motifs is 1. The molecule has 2 heterocycles. The van der Waals surface area contributed by atoms with Gasteiger partial charge in [0.1, 0.15) is 11.0 Å². The van der Waals surface area contributed by atoms with Crippen molar-refractivity contribution in [1.29, 1.82) is 0 Å². The van der Waals surface area contributed by atoms with Crippen LogP contribution in [0.15, 0.2) is 34.4 Å². The van der Waals surface area contributed by atoms with E-state index in [4.69, 9.17) is 10.5 Å². The van der Waals surface area contributed by atoms with Crippen LogP contribution in [0.5, 0.6) is 11.6 Å². The average molecular weight is 336 g/mol. The number of rotatable bonds is 2. The van der Waals surface area contributed by atoms with Crippen molar-refractivity contribution in [3.8, 4) is 11.6 Å². The summed E-state index contributed by atoms with van der Waals surface area (Å²) >= 11 is 4.99. The van der Waals surface area contributed by atoms with Gasteiger partial charge in [-0.1, -0.05) is 6.07 Å². The summed E-state index contributed by atoms with van der Waals surface area (Å²) in [5.41, 5.74) is 8.52. The van der Waals surface area contributed by atoms with E-state index in [9.17, 15) is 0 Å². The van der Waals surface area contributed by atoms with E-state index in [1.54, 1.807) is 17.4 Å². The van der Waals surface area contributed by atoms with Crippen LogP contribution in [0, 0.1) is 6.92 Å². The quantitative estimate of drug-likeness (QED) is 0.715. The molecule has 0 saturated heterocycles. The SMILES string of the molecule is Cc1csc2c(Oc3c(N)cccc3Br)ncnc12. The number of para-hydroxylation sites is 1. The summed E-state index contributed by atoms with van der Waals surface area (Å²) in [6.45, 7) is 2.02. The Bertz CT molecular complexity index is 736. The molecule has 3 aromatic rings. The fourth-order valence-corrected chi connectivity index (χ4v) is 3.14. The number of ether oxygens (including phenoxy) is 1. The summed E-state index contributed by atoms with van der Waals surface area (Å²) in [7, 11) is 0. The molecule has 0 fully saturated rings. The summed E-state index contributed by atoms with van der Waals surface area (Å²) in [5, 5.41) is 2.04. The maximum absolute atomic E-state index is 5.92. The summed E-state index contributed by atoms with van der Waals surface area (Å²) in [6, 6.07) is 5.53. The molecule has 3 rings (SSSR count). The number of hydrogen-bond donors (Lipinski definition) is 1. The normalized spacial score (nSPS) is 10.8. The molecule has 4 nitrogen and oxygen atoms in total. The number of hydrogen-bond acceptors (Lipinski definition) is 5. The molecule has 19 heavy (non-hydrogen) atoms. The molecular weight excluding hydrogens is 326 g/mol. The van der Waals surface area contributed by atoms with Gasteiger partial charge in [0.2, 0.25) is 5.88 Å². The number of nitrogens with zero attached hydrogens (tertiary/aromatic N) is 2. The molecule has 0 radical (unpaired) electrons. The van der Waals surface area contributed by atoms with Gasteiger partial charge in [-0.15, -0.1) is 11.3 Å². The largest absolute Gasteiger partial charge is 0.434 e. The Hall–Kier alpha value is -1.66. The number of thiophene rings is 1. The van der Waals surface area contributed by atoms with Crippen LogP contribution >= 0.6 is 27.3 Å². The maximum Gasteiger partial charge on any atom is 0.240 e. The van der Waals surface area contributed by atoms with Gasteiger partial charge < -0.3 is 10.5 Å². The molecule has 0 aliphatic carbocycles. The van der Waals surface area contributed by atoms with Gasteiger partial charge in [0.05, 0.1) is 15.7 Å². The van der Waals surface area contributed by atoms with Crippen LogP contribution < -0.4 is 10.5 Å². The number of nitrogen functional groups attached to an aromatic ring is 1. The maximum atomic E-state index is 5.92. The Labute approximate surface area is 122 Å². The van der Waals surface area contributed by atoms with Gasteiger partial charge in [0, 0.05) is 0 Å². The highest BCUT2D eigenvalue weighted by Crippen LogP contribution is 2.38. The van der Waals surface area contributed by atoms with Crippen molar-refractivity contribution in [1.82, 2.24) is 9.97 Å². The lowest BCUT2D eigenvalue weighted by atomic mass is 10.3. The van der Waals surface area contributed by atoms with Crippen LogP contribution in [0.3, 0.4) is 0 Å². The molecule has 0 spiro atoms. The van der Waals surface area contributed by atoms with Gasteiger partial charge in [0.25, 0.3) is 0 Å². The van der Waals surface area contributed by atoms with Crippen LogP contribution in [0.1, 0.15) is 5.56 Å². The molecule has 1 aromatic carbocycles. The van der Waals surface area contributed by atoms with Crippen molar-refractivity contribution in [3.05, 3.63) is 39.9 Å². The van der Waals surface area contributed by atoms with Gasteiger partial charge >= 0.3 is 0 Å². The van der Waals surface area contributed by atoms with Crippen LogP contribution in [0.25, 0.3) is 10.2 Å². The first-order valence-electron chi connectivity index (χ1n) is 5.57. The van der Waals surface area contributed by atoms with E-state index < -0.39 is 0 Å². The van der Waals surface area contributed by atoms with Crippen LogP contribution in [-0.4, -0.2) is 9.97 Å². The number of aromatic nitrogens is 2. The third-order valence-corrected chi connectivity index (χ3v) is 4.39. The second kappa shape index (κ2) is 4.79. The van der Waals surface area contributed by atoms with Gasteiger partial charge in [-0.3, -0.25) is 0 Å². The zero-order valence-electron chi connectivity index (χ0n) is 10.1. The molecular formula is C13H10BrN3OS. The predicted molar refractivity (Wildman–Crippen MR) is 80.8 cm³/mol. The topological polar surface area (TPSA) is 61.0 Å². The average Bonchev–Trinajstić information content (AvgIpc) is 2.77. The number of benzene rings is 1. The molecule has 0 saturated carbocycles. The highest BCUT2D eigenvalue weighted by molar-refractivity contribution is 9.10. The minimum Gasteiger partial charge on any atom is -0.434 e. The van der Waals surface area contributed by atoms with E-state index in [-0.39, 0.29) is 0 Å². The Balaban J connectivity index is 2.11. The fraction of sp³-hybridized carbons (Fsp3) is 0.0769. The highest BCUT2D eigenvalue weighted by atomic mass is 79.9. The van der Waals surface area contributed by atoms with Crippen molar-refractivity contribution in [2.45, 2.75) is 6.92 Å². The monoisotopic (exact) mass is 335 g/mol. The van der Waals surface area contributed by atoms with Crippen molar-refractivity contribution >= 4 is 43.2 Å². The van der Waals surface area contributed by atoms with Gasteiger partial charge in [-0.25, -0.2) is 9.97 Å². The highest BCUT2D eigenvalue weighted by Gasteiger charge is 2.13. The summed E-state index contributed by atoms with van der Waals surface area (Å²) in [5.74, 6) is 1.11. The lowest BCUT2D eigenvalue weighted by molar-refractivity contribution is 0.468. The smallest absolute Gasteiger partial charge is 0.240 e. The molecule has 6 heteroatoms. The Morgan fingerprint density at radius 2 is 2.16 bits per heavy atom. The number of aryl methyl sites for hydroxylation is 1. The second-order valence-electron chi connectivity index (χ2n) is 4.04. The van der Waals surface area contributed by atoms with Crippen LogP contribution in [-0.2, 0) is 0 Å². The number of halogens is 1. The molecule has 0 atom stereocenters. The summed E-state index contributed by atoms with van der Waals surface area (Å²) in [6.07, 6.45) is 1.50. The second-order valence-corrected chi connectivity index (χ2v) is 5.77. The molecule has 2 N–H and O–H groups in total. The standard InChI is InChI=1S/C13H10BrN3OS/c1-7-5-19-12-10(7)16-6-17-13(12)18-11-8(14)3-2-4-9(11)15/h2-6H,15H2,1H3. The van der Waals surface area contributed by atoms with E-state index in [1.165, 1.54) is 6.33 Å². The van der Waals surface area contributed by atoms with Crippen molar-refractivity contribution in [2.75, 3.05) is 5.73 Å².